The molecule has 0 fully saturated rings. The Kier molecular flexibility index (Phi) is 4.33. The number of hydrogen-bond acceptors (Lipinski definition) is 7. The molecule has 1 amide bonds. The minimum absolute atomic E-state index is 0.154. The van der Waals surface area contributed by atoms with E-state index in [0.717, 1.165) is 10.6 Å². The fraction of sp³-hybridized carbons (Fsp3) is 0.200. The fourth-order valence-electron chi connectivity index (χ4n) is 1.95. The molecule has 2 heterocycles. The molecule has 0 aliphatic heterocycles. The number of ether oxygens (including phenoxy) is 1. The second kappa shape index (κ2) is 6.57. The Bertz CT molecular complexity index is 828. The standard InChI is InChI=1S/C15H14N4O3S/c1-9-13(23-8-17-9)15-19-18-12(22-15)7-16-14(20)10-4-3-5-11(6-10)21-2/h3-6,8H,7H2,1-2H3,(H,16,20). The number of aryl methyl sites for hydroxylation is 1. The van der Waals surface area contributed by atoms with Crippen LogP contribution in [0.15, 0.2) is 34.2 Å². The average Bonchev–Trinajstić information content (AvgIpc) is 3.21. The van der Waals surface area contributed by atoms with E-state index in [4.69, 9.17) is 9.15 Å². The molecular formula is C15H14N4O3S. The summed E-state index contributed by atoms with van der Waals surface area (Å²) in [4.78, 5) is 17.1. The van der Waals surface area contributed by atoms with Crippen LogP contribution in [0.25, 0.3) is 10.8 Å². The van der Waals surface area contributed by atoms with Gasteiger partial charge in [-0.2, -0.15) is 0 Å². The van der Waals surface area contributed by atoms with Crippen LogP contribution in [-0.2, 0) is 6.54 Å². The largest absolute Gasteiger partial charge is 0.497 e. The van der Waals surface area contributed by atoms with Crippen molar-refractivity contribution in [1.82, 2.24) is 20.5 Å². The summed E-state index contributed by atoms with van der Waals surface area (Å²) in [5.41, 5.74) is 3.06. The van der Waals surface area contributed by atoms with Gasteiger partial charge in [-0.1, -0.05) is 6.07 Å². The summed E-state index contributed by atoms with van der Waals surface area (Å²) in [7, 11) is 1.55. The number of methoxy groups -OCH3 is 1. The molecule has 23 heavy (non-hydrogen) atoms. The van der Waals surface area contributed by atoms with Gasteiger partial charge < -0.3 is 14.5 Å². The van der Waals surface area contributed by atoms with Crippen molar-refractivity contribution < 1.29 is 13.9 Å². The topological polar surface area (TPSA) is 90.1 Å². The van der Waals surface area contributed by atoms with E-state index in [2.05, 4.69) is 20.5 Å². The van der Waals surface area contributed by atoms with E-state index in [-0.39, 0.29) is 12.5 Å². The highest BCUT2D eigenvalue weighted by Gasteiger charge is 2.14. The Morgan fingerprint density at radius 1 is 1.39 bits per heavy atom. The Labute approximate surface area is 136 Å². The number of nitrogens with zero attached hydrogens (tertiary/aromatic N) is 3. The zero-order valence-corrected chi connectivity index (χ0v) is 13.4. The van der Waals surface area contributed by atoms with Crippen molar-refractivity contribution in [1.29, 1.82) is 0 Å². The first-order chi connectivity index (χ1) is 11.2. The molecule has 1 aromatic carbocycles. The van der Waals surface area contributed by atoms with Crippen LogP contribution >= 0.6 is 11.3 Å². The Hall–Kier alpha value is -2.74. The van der Waals surface area contributed by atoms with Crippen molar-refractivity contribution in [3.05, 3.63) is 46.9 Å². The van der Waals surface area contributed by atoms with Gasteiger partial charge in [0.1, 0.15) is 10.6 Å². The molecule has 0 unspecified atom stereocenters. The van der Waals surface area contributed by atoms with Crippen molar-refractivity contribution in [2.75, 3.05) is 7.11 Å². The maximum Gasteiger partial charge on any atom is 0.259 e. The molecule has 8 heteroatoms. The third kappa shape index (κ3) is 3.37. The van der Waals surface area contributed by atoms with Crippen LogP contribution in [0.4, 0.5) is 0 Å². The summed E-state index contributed by atoms with van der Waals surface area (Å²) in [6.07, 6.45) is 0. The molecule has 0 saturated carbocycles. The van der Waals surface area contributed by atoms with Gasteiger partial charge in [-0.25, -0.2) is 4.98 Å². The van der Waals surface area contributed by atoms with Crippen LogP contribution in [0.3, 0.4) is 0 Å². The van der Waals surface area contributed by atoms with Gasteiger partial charge in [0.05, 0.1) is 24.9 Å². The van der Waals surface area contributed by atoms with Crippen LogP contribution in [0.1, 0.15) is 21.9 Å². The number of benzene rings is 1. The summed E-state index contributed by atoms with van der Waals surface area (Å²) in [6.45, 7) is 2.03. The number of carbonyl (C=O) groups excluding carboxylic acids is 1. The van der Waals surface area contributed by atoms with E-state index in [1.165, 1.54) is 11.3 Å². The first-order valence-electron chi connectivity index (χ1n) is 6.82. The molecule has 2 aromatic heterocycles. The van der Waals surface area contributed by atoms with E-state index in [0.29, 0.717) is 23.1 Å². The summed E-state index contributed by atoms with van der Waals surface area (Å²) in [5.74, 6) is 1.13. The highest BCUT2D eigenvalue weighted by atomic mass is 32.1. The van der Waals surface area contributed by atoms with Gasteiger partial charge >= 0.3 is 0 Å². The van der Waals surface area contributed by atoms with Crippen molar-refractivity contribution in [3.63, 3.8) is 0 Å². The predicted molar refractivity (Wildman–Crippen MR) is 84.3 cm³/mol. The monoisotopic (exact) mass is 330 g/mol. The zero-order chi connectivity index (χ0) is 16.2. The highest BCUT2D eigenvalue weighted by Crippen LogP contribution is 2.25. The Morgan fingerprint density at radius 3 is 3.00 bits per heavy atom. The van der Waals surface area contributed by atoms with Crippen LogP contribution in [0, 0.1) is 6.92 Å². The number of amides is 1. The molecule has 0 radical (unpaired) electrons. The quantitative estimate of drug-likeness (QED) is 0.773. The highest BCUT2D eigenvalue weighted by molar-refractivity contribution is 7.13. The molecule has 118 valence electrons. The number of aromatic nitrogens is 3. The molecule has 3 aromatic rings. The van der Waals surface area contributed by atoms with Crippen LogP contribution in [0.2, 0.25) is 0 Å². The molecular weight excluding hydrogens is 316 g/mol. The normalized spacial score (nSPS) is 10.5. The lowest BCUT2D eigenvalue weighted by Crippen LogP contribution is -2.22. The predicted octanol–water partition coefficient (Wildman–Crippen LogP) is 2.44. The lowest BCUT2D eigenvalue weighted by molar-refractivity contribution is 0.0947. The van der Waals surface area contributed by atoms with E-state index >= 15 is 0 Å². The van der Waals surface area contributed by atoms with Gasteiger partial charge in [0.15, 0.2) is 0 Å². The number of rotatable bonds is 5. The van der Waals surface area contributed by atoms with Gasteiger partial charge in [0, 0.05) is 5.56 Å². The number of nitrogens with one attached hydrogen (secondary N) is 1. The van der Waals surface area contributed by atoms with Crippen molar-refractivity contribution in [3.8, 4) is 16.5 Å². The molecule has 1 N–H and O–H groups in total. The maximum absolute atomic E-state index is 12.1. The first kappa shape index (κ1) is 15.2. The third-order valence-electron chi connectivity index (χ3n) is 3.14. The smallest absolute Gasteiger partial charge is 0.259 e. The van der Waals surface area contributed by atoms with Crippen LogP contribution < -0.4 is 10.1 Å². The third-order valence-corrected chi connectivity index (χ3v) is 4.06. The van der Waals surface area contributed by atoms with Gasteiger partial charge in [-0.15, -0.1) is 21.5 Å². The van der Waals surface area contributed by atoms with Crippen molar-refractivity contribution in [2.24, 2.45) is 0 Å². The molecule has 0 aliphatic carbocycles. The molecule has 0 saturated heterocycles. The Balaban J connectivity index is 1.65. The van der Waals surface area contributed by atoms with Crippen LogP contribution in [-0.4, -0.2) is 28.2 Å². The second-order valence-corrected chi connectivity index (χ2v) is 5.54. The summed E-state index contributed by atoms with van der Waals surface area (Å²) >= 11 is 1.43. The maximum atomic E-state index is 12.1. The van der Waals surface area contributed by atoms with Gasteiger partial charge in [-0.3, -0.25) is 4.79 Å². The molecule has 0 atom stereocenters. The molecule has 3 rings (SSSR count). The van der Waals surface area contributed by atoms with Crippen molar-refractivity contribution in [2.45, 2.75) is 13.5 Å². The van der Waals surface area contributed by atoms with Crippen LogP contribution in [0.5, 0.6) is 5.75 Å². The summed E-state index contributed by atoms with van der Waals surface area (Å²) in [6, 6.07) is 6.90. The van der Waals surface area contributed by atoms with Crippen molar-refractivity contribution >= 4 is 17.2 Å². The number of thiazole rings is 1. The van der Waals surface area contributed by atoms with Gasteiger partial charge in [-0.05, 0) is 25.1 Å². The molecule has 7 nitrogen and oxygen atoms in total. The second-order valence-electron chi connectivity index (χ2n) is 4.68. The van der Waals surface area contributed by atoms with Gasteiger partial charge in [0.2, 0.25) is 5.89 Å². The lowest BCUT2D eigenvalue weighted by atomic mass is 10.2. The molecule has 0 bridgehead atoms. The minimum Gasteiger partial charge on any atom is -0.497 e. The lowest BCUT2D eigenvalue weighted by Gasteiger charge is -2.04. The summed E-state index contributed by atoms with van der Waals surface area (Å²) < 4.78 is 10.6. The summed E-state index contributed by atoms with van der Waals surface area (Å²) in [5, 5.41) is 10.7. The minimum atomic E-state index is -0.238. The van der Waals surface area contributed by atoms with E-state index in [1.807, 2.05) is 6.92 Å². The fourth-order valence-corrected chi connectivity index (χ4v) is 2.67. The molecule has 0 aliphatic rings. The number of carbonyl (C=O) groups is 1. The van der Waals surface area contributed by atoms with Gasteiger partial charge in [0.25, 0.3) is 11.8 Å². The van der Waals surface area contributed by atoms with E-state index in [9.17, 15) is 4.79 Å². The average molecular weight is 330 g/mol. The van der Waals surface area contributed by atoms with E-state index < -0.39 is 0 Å². The molecule has 0 spiro atoms. The SMILES string of the molecule is COc1cccc(C(=O)NCc2nnc(-c3scnc3C)o2)c1. The Morgan fingerprint density at radius 2 is 2.26 bits per heavy atom. The number of hydrogen-bond donors (Lipinski definition) is 1. The zero-order valence-electron chi connectivity index (χ0n) is 12.6. The first-order valence-corrected chi connectivity index (χ1v) is 7.70. The van der Waals surface area contributed by atoms with E-state index in [1.54, 1.807) is 36.9 Å².